The molecule has 0 saturated carbocycles. The van der Waals surface area contributed by atoms with Crippen LogP contribution in [0.2, 0.25) is 5.02 Å². The molecule has 0 aliphatic rings. The van der Waals surface area contributed by atoms with Crippen molar-refractivity contribution in [3.8, 4) is 0 Å². The lowest BCUT2D eigenvalue weighted by molar-refractivity contribution is 0.595. The Kier molecular flexibility index (Phi) is 8.02. The van der Waals surface area contributed by atoms with Crippen LogP contribution >= 0.6 is 23.4 Å². The molecule has 1 aromatic heterocycles. The van der Waals surface area contributed by atoms with E-state index in [-0.39, 0.29) is 22.6 Å². The Morgan fingerprint density at radius 3 is 2.56 bits per heavy atom. The minimum absolute atomic E-state index is 0.0428. The first kappa shape index (κ1) is 25.3. The molecule has 34 heavy (non-hydrogen) atoms. The van der Waals surface area contributed by atoms with Gasteiger partial charge in [-0.25, -0.2) is 0 Å². The van der Waals surface area contributed by atoms with Crippen LogP contribution in [0.25, 0.3) is 0 Å². The summed E-state index contributed by atoms with van der Waals surface area (Å²) in [5, 5.41) is 0.409. The van der Waals surface area contributed by atoms with Gasteiger partial charge in [-0.15, -0.1) is 16.2 Å². The summed E-state index contributed by atoms with van der Waals surface area (Å²) < 4.78 is 29.9. The van der Waals surface area contributed by atoms with Crippen LogP contribution in [0, 0.1) is 6.92 Å². The zero-order chi connectivity index (χ0) is 24.9. The Morgan fingerprint density at radius 2 is 1.88 bits per heavy atom. The SMILES string of the molecule is Cc1cc(S(=O)(=O)/N=C(\N)NNc2ccccc2)c(SCc2nc(N)nc(N(C)C)n2)cc1Cl. The zero-order valence-corrected chi connectivity index (χ0v) is 21.0. The van der Waals surface area contributed by atoms with Crippen molar-refractivity contribution in [1.29, 1.82) is 0 Å². The van der Waals surface area contributed by atoms with Crippen LogP contribution in [0.1, 0.15) is 11.4 Å². The number of halogens is 1. The molecule has 0 atom stereocenters. The minimum atomic E-state index is -4.17. The van der Waals surface area contributed by atoms with Crippen molar-refractivity contribution in [2.24, 2.45) is 10.1 Å². The second-order valence-electron chi connectivity index (χ2n) is 7.21. The number of nitrogen functional groups attached to an aromatic ring is 1. The number of benzene rings is 2. The van der Waals surface area contributed by atoms with Crippen molar-refractivity contribution in [2.45, 2.75) is 22.5 Å². The molecule has 0 aliphatic heterocycles. The van der Waals surface area contributed by atoms with Gasteiger partial charge in [0.25, 0.3) is 10.0 Å². The van der Waals surface area contributed by atoms with Crippen molar-refractivity contribution < 1.29 is 8.42 Å². The van der Waals surface area contributed by atoms with Crippen molar-refractivity contribution in [1.82, 2.24) is 20.4 Å². The maximum Gasteiger partial charge on any atom is 0.286 e. The first-order valence-corrected chi connectivity index (χ1v) is 12.6. The summed E-state index contributed by atoms with van der Waals surface area (Å²) in [4.78, 5) is 14.5. The van der Waals surface area contributed by atoms with Crippen LogP contribution in [-0.2, 0) is 15.8 Å². The Morgan fingerprint density at radius 1 is 1.18 bits per heavy atom. The number of hydrazine groups is 1. The monoisotopic (exact) mass is 521 g/mol. The second-order valence-corrected chi connectivity index (χ2v) is 10.2. The predicted octanol–water partition coefficient (Wildman–Crippen LogP) is 2.39. The molecule has 0 bridgehead atoms. The van der Waals surface area contributed by atoms with Crippen LogP contribution in [0.5, 0.6) is 0 Å². The smallest absolute Gasteiger partial charge is 0.286 e. The lowest BCUT2D eigenvalue weighted by atomic mass is 10.2. The Bertz CT molecular complexity index is 1300. The fourth-order valence-corrected chi connectivity index (χ4v) is 5.22. The first-order chi connectivity index (χ1) is 16.0. The predicted molar refractivity (Wildman–Crippen MR) is 136 cm³/mol. The Hall–Kier alpha value is -3.29. The van der Waals surface area contributed by atoms with Crippen LogP contribution in [-0.4, -0.2) is 43.4 Å². The normalized spacial score (nSPS) is 11.8. The first-order valence-electron chi connectivity index (χ1n) is 9.83. The number of nitrogens with one attached hydrogen (secondary N) is 2. The zero-order valence-electron chi connectivity index (χ0n) is 18.7. The van der Waals surface area contributed by atoms with Crippen LogP contribution in [0.4, 0.5) is 17.6 Å². The number of nitrogens with two attached hydrogens (primary N) is 2. The van der Waals surface area contributed by atoms with Gasteiger partial charge in [0.2, 0.25) is 17.9 Å². The number of hydrogen-bond acceptors (Lipinski definition) is 9. The average molecular weight is 522 g/mol. The number of anilines is 3. The van der Waals surface area contributed by atoms with Gasteiger partial charge in [0.15, 0.2) is 0 Å². The molecule has 6 N–H and O–H groups in total. The number of aryl methyl sites for hydroxylation is 1. The lowest BCUT2D eigenvalue weighted by Gasteiger charge is -2.13. The molecule has 0 fully saturated rings. The van der Waals surface area contributed by atoms with Gasteiger partial charge in [-0.05, 0) is 36.8 Å². The molecule has 0 unspecified atom stereocenters. The average Bonchev–Trinajstić information content (AvgIpc) is 2.78. The van der Waals surface area contributed by atoms with Gasteiger partial charge >= 0.3 is 0 Å². The molecule has 0 amide bonds. The maximum absolute atomic E-state index is 13.1. The number of nitrogens with zero attached hydrogens (tertiary/aromatic N) is 5. The molecule has 1 heterocycles. The summed E-state index contributed by atoms with van der Waals surface area (Å²) in [5.41, 5.74) is 18.2. The second kappa shape index (κ2) is 10.8. The lowest BCUT2D eigenvalue weighted by Crippen LogP contribution is -2.36. The van der Waals surface area contributed by atoms with Gasteiger partial charge in [-0.3, -0.25) is 10.9 Å². The standard InChI is InChI=1S/C20H24ClN9O2S2/c1-12-9-16(34(31,32)29-19(23)28-27-13-7-5-4-6-8-13)15(10-14(12)21)33-11-17-24-18(22)26-20(25-17)30(2)3/h4-10,27H,11H2,1-3H3,(H3,23,28,29)(H2,22,24,25,26). The van der Waals surface area contributed by atoms with E-state index in [1.807, 2.05) is 18.2 Å². The van der Waals surface area contributed by atoms with Crippen LogP contribution in [0.15, 0.2) is 56.7 Å². The molecular formula is C20H24ClN9O2S2. The van der Waals surface area contributed by atoms with Crippen molar-refractivity contribution in [3.05, 3.63) is 58.9 Å². The highest BCUT2D eigenvalue weighted by molar-refractivity contribution is 7.99. The molecule has 180 valence electrons. The van der Waals surface area contributed by atoms with Gasteiger partial charge in [-0.2, -0.15) is 23.4 Å². The molecule has 0 spiro atoms. The maximum atomic E-state index is 13.1. The number of sulfonamides is 1. The highest BCUT2D eigenvalue weighted by Gasteiger charge is 2.21. The molecule has 0 radical (unpaired) electrons. The molecule has 3 rings (SSSR count). The van der Waals surface area contributed by atoms with Crippen molar-refractivity contribution in [3.63, 3.8) is 0 Å². The molecule has 2 aromatic carbocycles. The molecule has 0 aliphatic carbocycles. The molecule has 0 saturated heterocycles. The van der Waals surface area contributed by atoms with E-state index < -0.39 is 10.0 Å². The number of rotatable bonds is 8. The fraction of sp³-hybridized carbons (Fsp3) is 0.200. The van der Waals surface area contributed by atoms with E-state index in [9.17, 15) is 8.42 Å². The summed E-state index contributed by atoms with van der Waals surface area (Å²) in [6, 6.07) is 12.1. The third-order valence-corrected chi connectivity index (χ3v) is 7.19. The summed E-state index contributed by atoms with van der Waals surface area (Å²) in [5.74, 6) is 0.750. The van der Waals surface area contributed by atoms with E-state index in [2.05, 4.69) is 30.2 Å². The van der Waals surface area contributed by atoms with Crippen LogP contribution in [0.3, 0.4) is 0 Å². The van der Waals surface area contributed by atoms with Gasteiger partial charge in [0, 0.05) is 24.0 Å². The summed E-state index contributed by atoms with van der Waals surface area (Å²) in [7, 11) is -0.619. The number of guanidine groups is 1. The summed E-state index contributed by atoms with van der Waals surface area (Å²) in [6.07, 6.45) is 0. The largest absolute Gasteiger partial charge is 0.368 e. The molecular weight excluding hydrogens is 498 g/mol. The number of aromatic nitrogens is 3. The topological polar surface area (TPSA) is 165 Å². The Labute approximate surface area is 207 Å². The third kappa shape index (κ3) is 6.62. The summed E-state index contributed by atoms with van der Waals surface area (Å²) >= 11 is 7.45. The number of para-hydroxylation sites is 1. The number of hydrogen-bond donors (Lipinski definition) is 4. The molecule has 3 aromatic rings. The summed E-state index contributed by atoms with van der Waals surface area (Å²) in [6.45, 7) is 1.70. The van der Waals surface area contributed by atoms with E-state index >= 15 is 0 Å². The van der Waals surface area contributed by atoms with Gasteiger partial charge in [0.05, 0.1) is 11.4 Å². The van der Waals surface area contributed by atoms with E-state index in [4.69, 9.17) is 23.1 Å². The highest BCUT2D eigenvalue weighted by Crippen LogP contribution is 2.34. The van der Waals surface area contributed by atoms with E-state index in [1.165, 1.54) is 17.8 Å². The minimum Gasteiger partial charge on any atom is -0.368 e. The van der Waals surface area contributed by atoms with E-state index in [1.54, 1.807) is 44.1 Å². The van der Waals surface area contributed by atoms with Gasteiger partial charge < -0.3 is 16.4 Å². The number of thioether (sulfide) groups is 1. The molecule has 11 nitrogen and oxygen atoms in total. The van der Waals surface area contributed by atoms with E-state index in [0.29, 0.717) is 32.9 Å². The highest BCUT2D eigenvalue weighted by atomic mass is 35.5. The van der Waals surface area contributed by atoms with Gasteiger partial charge in [0.1, 0.15) is 10.7 Å². The molecule has 14 heteroatoms. The third-order valence-electron chi connectivity index (χ3n) is 4.27. The van der Waals surface area contributed by atoms with Crippen LogP contribution < -0.4 is 27.2 Å². The fourth-order valence-electron chi connectivity index (χ4n) is 2.64. The quantitative estimate of drug-likeness (QED) is 0.149. The van der Waals surface area contributed by atoms with Crippen molar-refractivity contribution in [2.75, 3.05) is 30.2 Å². The van der Waals surface area contributed by atoms with Gasteiger partial charge in [-0.1, -0.05) is 29.8 Å². The Balaban J connectivity index is 1.86. The van der Waals surface area contributed by atoms with Crippen molar-refractivity contribution >= 4 is 56.9 Å². The van der Waals surface area contributed by atoms with E-state index in [0.717, 1.165) is 0 Å².